The number of benzene rings is 2. The zero-order valence-electron chi connectivity index (χ0n) is 12.9. The molecule has 0 unspecified atom stereocenters. The number of hydrogen-bond acceptors (Lipinski definition) is 2. The van der Waals surface area contributed by atoms with Gasteiger partial charge in [-0.25, -0.2) is 0 Å². The second-order valence-electron chi connectivity index (χ2n) is 4.92. The fraction of sp³-hybridized carbons (Fsp3) is 0.278. The van der Waals surface area contributed by atoms with Crippen LogP contribution >= 0.6 is 11.6 Å². The van der Waals surface area contributed by atoms with Crippen molar-refractivity contribution in [2.24, 2.45) is 0 Å². The number of carbonyl (C=O) groups is 1. The van der Waals surface area contributed by atoms with Crippen molar-refractivity contribution in [3.05, 3.63) is 64.7 Å². The summed E-state index contributed by atoms with van der Waals surface area (Å²) in [6.45, 7) is 5.79. The van der Waals surface area contributed by atoms with E-state index >= 15 is 0 Å². The van der Waals surface area contributed by atoms with E-state index in [1.54, 1.807) is 11.0 Å². The molecule has 4 heteroatoms. The van der Waals surface area contributed by atoms with Crippen molar-refractivity contribution in [2.45, 2.75) is 20.5 Å². The van der Waals surface area contributed by atoms with E-state index in [0.29, 0.717) is 36.0 Å². The number of halogens is 1. The molecule has 2 rings (SSSR count). The molecule has 0 aliphatic heterocycles. The van der Waals surface area contributed by atoms with E-state index in [-0.39, 0.29) is 5.91 Å². The Bertz CT molecular complexity index is 621. The first kappa shape index (κ1) is 16.4. The molecule has 0 N–H and O–H groups in total. The third-order valence-corrected chi connectivity index (χ3v) is 3.70. The summed E-state index contributed by atoms with van der Waals surface area (Å²) in [5.41, 5.74) is 1.68. The lowest BCUT2D eigenvalue weighted by atomic mass is 10.2. The van der Waals surface area contributed by atoms with Gasteiger partial charge in [-0.1, -0.05) is 29.8 Å². The van der Waals surface area contributed by atoms with Crippen LogP contribution in [0.4, 0.5) is 0 Å². The number of amides is 1. The minimum absolute atomic E-state index is 0.0296. The van der Waals surface area contributed by atoms with Gasteiger partial charge in [0.25, 0.3) is 5.91 Å². The maximum absolute atomic E-state index is 12.3. The van der Waals surface area contributed by atoms with Gasteiger partial charge in [-0.15, -0.1) is 0 Å². The lowest BCUT2D eigenvalue weighted by Gasteiger charge is -2.19. The number of nitrogens with zero attached hydrogens (tertiary/aromatic N) is 1. The first-order valence-corrected chi connectivity index (χ1v) is 7.78. The predicted octanol–water partition coefficient (Wildman–Crippen LogP) is 4.40. The van der Waals surface area contributed by atoms with Crippen LogP contribution in [-0.2, 0) is 6.61 Å². The standard InChI is InChI=1S/C18H20ClNO2/c1-3-20(4-2)18(21)15-6-5-7-17(12-15)22-13-14-8-10-16(19)11-9-14/h5-12H,3-4,13H2,1-2H3. The lowest BCUT2D eigenvalue weighted by molar-refractivity contribution is 0.0772. The average molecular weight is 318 g/mol. The Labute approximate surface area is 136 Å². The van der Waals surface area contributed by atoms with Gasteiger partial charge in [-0.2, -0.15) is 0 Å². The Kier molecular flexibility index (Phi) is 5.84. The highest BCUT2D eigenvalue weighted by molar-refractivity contribution is 6.30. The number of ether oxygens (including phenoxy) is 1. The Morgan fingerprint density at radius 1 is 1.09 bits per heavy atom. The molecule has 1 amide bonds. The SMILES string of the molecule is CCN(CC)C(=O)c1cccc(OCc2ccc(Cl)cc2)c1. The van der Waals surface area contributed by atoms with Crippen molar-refractivity contribution in [3.63, 3.8) is 0 Å². The third-order valence-electron chi connectivity index (χ3n) is 3.45. The summed E-state index contributed by atoms with van der Waals surface area (Å²) < 4.78 is 5.76. The Hall–Kier alpha value is -2.00. The van der Waals surface area contributed by atoms with Crippen LogP contribution in [0.3, 0.4) is 0 Å². The molecule has 0 bridgehead atoms. The van der Waals surface area contributed by atoms with Crippen LogP contribution in [0.25, 0.3) is 0 Å². The van der Waals surface area contributed by atoms with E-state index in [1.165, 1.54) is 0 Å². The summed E-state index contributed by atoms with van der Waals surface area (Å²) in [5, 5.41) is 0.704. The van der Waals surface area contributed by atoms with E-state index in [2.05, 4.69) is 0 Å². The van der Waals surface area contributed by atoms with Crippen LogP contribution in [0, 0.1) is 0 Å². The zero-order valence-corrected chi connectivity index (χ0v) is 13.6. The van der Waals surface area contributed by atoms with E-state index in [0.717, 1.165) is 5.56 Å². The van der Waals surface area contributed by atoms with Gasteiger partial charge in [-0.3, -0.25) is 4.79 Å². The molecule has 0 saturated carbocycles. The molecule has 0 aliphatic rings. The summed E-state index contributed by atoms with van der Waals surface area (Å²) in [6, 6.07) is 14.8. The van der Waals surface area contributed by atoms with Gasteiger partial charge >= 0.3 is 0 Å². The van der Waals surface area contributed by atoms with Gasteiger partial charge in [0, 0.05) is 23.7 Å². The van der Waals surface area contributed by atoms with Crippen LogP contribution in [0.5, 0.6) is 5.75 Å². The molecule has 22 heavy (non-hydrogen) atoms. The number of rotatable bonds is 6. The van der Waals surface area contributed by atoms with E-state index < -0.39 is 0 Å². The van der Waals surface area contributed by atoms with Crippen LogP contribution < -0.4 is 4.74 Å². The summed E-state index contributed by atoms with van der Waals surface area (Å²) in [4.78, 5) is 14.1. The highest BCUT2D eigenvalue weighted by Crippen LogP contribution is 2.17. The Morgan fingerprint density at radius 3 is 2.41 bits per heavy atom. The van der Waals surface area contributed by atoms with Crippen LogP contribution in [0.1, 0.15) is 29.8 Å². The first-order valence-electron chi connectivity index (χ1n) is 7.40. The van der Waals surface area contributed by atoms with E-state index in [9.17, 15) is 4.79 Å². The summed E-state index contributed by atoms with van der Waals surface area (Å²) in [7, 11) is 0. The molecule has 0 aliphatic carbocycles. The van der Waals surface area contributed by atoms with Crippen molar-refractivity contribution in [1.82, 2.24) is 4.90 Å². The van der Waals surface area contributed by atoms with Gasteiger partial charge in [-0.05, 0) is 49.7 Å². The van der Waals surface area contributed by atoms with Gasteiger partial charge in [0.15, 0.2) is 0 Å². The fourth-order valence-corrected chi connectivity index (χ4v) is 2.29. The van der Waals surface area contributed by atoms with Crippen molar-refractivity contribution in [2.75, 3.05) is 13.1 Å². The van der Waals surface area contributed by atoms with E-state index in [4.69, 9.17) is 16.3 Å². The third kappa shape index (κ3) is 4.25. The number of hydrogen-bond donors (Lipinski definition) is 0. The smallest absolute Gasteiger partial charge is 0.253 e. The zero-order chi connectivity index (χ0) is 15.9. The molecule has 0 saturated heterocycles. The lowest BCUT2D eigenvalue weighted by Crippen LogP contribution is -2.30. The Morgan fingerprint density at radius 2 is 1.77 bits per heavy atom. The second-order valence-corrected chi connectivity index (χ2v) is 5.36. The molecule has 0 radical (unpaired) electrons. The molecular formula is C18H20ClNO2. The summed E-state index contributed by atoms with van der Waals surface area (Å²) in [5.74, 6) is 0.717. The van der Waals surface area contributed by atoms with Crippen LogP contribution in [-0.4, -0.2) is 23.9 Å². The van der Waals surface area contributed by atoms with Gasteiger partial charge in [0.2, 0.25) is 0 Å². The highest BCUT2D eigenvalue weighted by Gasteiger charge is 2.12. The second kappa shape index (κ2) is 7.85. The summed E-state index contributed by atoms with van der Waals surface area (Å²) >= 11 is 5.86. The molecule has 0 fully saturated rings. The Balaban J connectivity index is 2.05. The van der Waals surface area contributed by atoms with Crippen molar-refractivity contribution in [3.8, 4) is 5.75 Å². The number of carbonyl (C=O) groups excluding carboxylic acids is 1. The van der Waals surface area contributed by atoms with Crippen molar-refractivity contribution in [1.29, 1.82) is 0 Å². The van der Waals surface area contributed by atoms with Crippen molar-refractivity contribution < 1.29 is 9.53 Å². The van der Waals surface area contributed by atoms with Gasteiger partial charge < -0.3 is 9.64 Å². The van der Waals surface area contributed by atoms with Gasteiger partial charge in [0.05, 0.1) is 0 Å². The molecule has 0 spiro atoms. The van der Waals surface area contributed by atoms with Crippen LogP contribution in [0.2, 0.25) is 5.02 Å². The molecule has 0 atom stereocenters. The van der Waals surface area contributed by atoms with Gasteiger partial charge in [0.1, 0.15) is 12.4 Å². The van der Waals surface area contributed by atoms with E-state index in [1.807, 2.05) is 56.3 Å². The minimum Gasteiger partial charge on any atom is -0.489 e. The molecule has 2 aromatic carbocycles. The summed E-state index contributed by atoms with van der Waals surface area (Å²) in [6.07, 6.45) is 0. The van der Waals surface area contributed by atoms with Crippen molar-refractivity contribution >= 4 is 17.5 Å². The quantitative estimate of drug-likeness (QED) is 0.790. The first-order chi connectivity index (χ1) is 10.6. The molecule has 0 heterocycles. The molecule has 116 valence electrons. The van der Waals surface area contributed by atoms with Crippen LogP contribution in [0.15, 0.2) is 48.5 Å². The monoisotopic (exact) mass is 317 g/mol. The molecule has 3 nitrogen and oxygen atoms in total. The topological polar surface area (TPSA) is 29.5 Å². The average Bonchev–Trinajstić information content (AvgIpc) is 2.55. The molecular weight excluding hydrogens is 298 g/mol. The predicted molar refractivity (Wildman–Crippen MR) is 89.5 cm³/mol. The minimum atomic E-state index is 0.0296. The normalized spacial score (nSPS) is 10.3. The maximum Gasteiger partial charge on any atom is 0.253 e. The molecule has 2 aromatic rings. The molecule has 0 aromatic heterocycles. The maximum atomic E-state index is 12.3. The largest absolute Gasteiger partial charge is 0.489 e. The highest BCUT2D eigenvalue weighted by atomic mass is 35.5. The fourth-order valence-electron chi connectivity index (χ4n) is 2.16.